The number of nitriles is 1. The van der Waals surface area contributed by atoms with E-state index in [0.717, 1.165) is 0 Å². The predicted octanol–water partition coefficient (Wildman–Crippen LogP) is 2.51. The van der Waals surface area contributed by atoms with Crippen molar-refractivity contribution >= 4 is 0 Å². The second-order valence-electron chi connectivity index (χ2n) is 2.88. The van der Waals surface area contributed by atoms with Gasteiger partial charge in [0.15, 0.2) is 6.61 Å². The van der Waals surface area contributed by atoms with Crippen molar-refractivity contribution in [1.82, 2.24) is 0 Å². The van der Waals surface area contributed by atoms with Crippen molar-refractivity contribution in [3.63, 3.8) is 0 Å². The topological polar surface area (TPSA) is 42.2 Å². The number of halogens is 3. The summed E-state index contributed by atoms with van der Waals surface area (Å²) in [5.41, 5.74) is 0.238. The molecule has 0 N–H and O–H groups in total. The molecule has 0 spiro atoms. The molecule has 6 heteroatoms. The average Bonchev–Trinajstić information content (AvgIpc) is 2.25. The first-order chi connectivity index (χ1) is 7.46. The second-order valence-corrected chi connectivity index (χ2v) is 2.88. The Morgan fingerprint density at radius 2 is 2.06 bits per heavy atom. The molecule has 0 radical (unpaired) electrons. The Bertz CT molecular complexity index is 410. The van der Waals surface area contributed by atoms with Crippen LogP contribution in [0, 0.1) is 11.3 Å². The van der Waals surface area contributed by atoms with E-state index in [1.165, 1.54) is 25.3 Å². The summed E-state index contributed by atoms with van der Waals surface area (Å²) in [5, 5.41) is 8.65. The quantitative estimate of drug-likeness (QED) is 0.802. The van der Waals surface area contributed by atoms with Crippen molar-refractivity contribution in [2.45, 2.75) is 6.18 Å². The highest BCUT2D eigenvalue weighted by Gasteiger charge is 2.28. The maximum Gasteiger partial charge on any atom is 0.422 e. The minimum atomic E-state index is -4.39. The number of hydrogen-bond acceptors (Lipinski definition) is 3. The van der Waals surface area contributed by atoms with Crippen LogP contribution in [0.3, 0.4) is 0 Å². The van der Waals surface area contributed by atoms with Gasteiger partial charge >= 0.3 is 6.18 Å². The maximum absolute atomic E-state index is 11.9. The molecule has 1 aromatic carbocycles. The lowest BCUT2D eigenvalue weighted by Gasteiger charge is -2.10. The van der Waals surface area contributed by atoms with Crippen molar-refractivity contribution in [3.8, 4) is 17.6 Å². The van der Waals surface area contributed by atoms with E-state index in [2.05, 4.69) is 4.74 Å². The lowest BCUT2D eigenvalue weighted by molar-refractivity contribution is -0.153. The van der Waals surface area contributed by atoms with Gasteiger partial charge in [-0.3, -0.25) is 0 Å². The van der Waals surface area contributed by atoms with Gasteiger partial charge in [-0.1, -0.05) is 0 Å². The molecule has 0 aromatic heterocycles. The Labute approximate surface area is 90.0 Å². The highest BCUT2D eigenvalue weighted by atomic mass is 19.4. The summed E-state index contributed by atoms with van der Waals surface area (Å²) in [5.74, 6) is 0.190. The maximum atomic E-state index is 11.9. The fourth-order valence-corrected chi connectivity index (χ4v) is 1.02. The molecule has 0 amide bonds. The monoisotopic (exact) mass is 231 g/mol. The highest BCUT2D eigenvalue weighted by Crippen LogP contribution is 2.25. The van der Waals surface area contributed by atoms with Crippen LogP contribution in [0.5, 0.6) is 11.5 Å². The highest BCUT2D eigenvalue weighted by molar-refractivity contribution is 5.47. The van der Waals surface area contributed by atoms with E-state index in [1.54, 1.807) is 0 Å². The summed E-state index contributed by atoms with van der Waals surface area (Å²) in [4.78, 5) is 0. The first-order valence-corrected chi connectivity index (χ1v) is 4.24. The van der Waals surface area contributed by atoms with Gasteiger partial charge in [-0.15, -0.1) is 0 Å². The zero-order valence-corrected chi connectivity index (χ0v) is 8.34. The molecule has 0 saturated heterocycles. The van der Waals surface area contributed by atoms with Crippen LogP contribution >= 0.6 is 0 Å². The molecule has 0 aliphatic carbocycles. The van der Waals surface area contributed by atoms with E-state index in [-0.39, 0.29) is 17.1 Å². The summed E-state index contributed by atoms with van der Waals surface area (Å²) < 4.78 is 44.9. The average molecular weight is 231 g/mol. The molecule has 0 heterocycles. The van der Waals surface area contributed by atoms with Crippen LogP contribution in [-0.4, -0.2) is 19.9 Å². The van der Waals surface area contributed by atoms with Gasteiger partial charge < -0.3 is 9.47 Å². The summed E-state index contributed by atoms with van der Waals surface area (Å²) >= 11 is 0. The van der Waals surface area contributed by atoms with Crippen LogP contribution in [-0.2, 0) is 0 Å². The molecule has 0 fully saturated rings. The Kier molecular flexibility index (Phi) is 3.61. The number of hydrogen-bond donors (Lipinski definition) is 0. The fourth-order valence-electron chi connectivity index (χ4n) is 1.02. The number of methoxy groups -OCH3 is 1. The van der Waals surface area contributed by atoms with Crippen LogP contribution < -0.4 is 9.47 Å². The SMILES string of the molecule is COc1cc(OCC(F)(F)F)ccc1C#N. The molecular weight excluding hydrogens is 223 g/mol. The van der Waals surface area contributed by atoms with Crippen LogP contribution in [0.4, 0.5) is 13.2 Å². The molecule has 16 heavy (non-hydrogen) atoms. The first-order valence-electron chi connectivity index (χ1n) is 4.24. The van der Waals surface area contributed by atoms with Crippen molar-refractivity contribution < 1.29 is 22.6 Å². The summed E-state index contributed by atoms with van der Waals surface area (Å²) in [6.45, 7) is -1.37. The number of alkyl halides is 3. The van der Waals surface area contributed by atoms with E-state index in [4.69, 9.17) is 10.00 Å². The van der Waals surface area contributed by atoms with Crippen molar-refractivity contribution in [2.75, 3.05) is 13.7 Å². The number of rotatable bonds is 3. The van der Waals surface area contributed by atoms with Gasteiger partial charge in [0.1, 0.15) is 17.6 Å². The van der Waals surface area contributed by atoms with Gasteiger partial charge in [0, 0.05) is 6.07 Å². The van der Waals surface area contributed by atoms with Gasteiger partial charge in [-0.2, -0.15) is 18.4 Å². The number of nitrogens with zero attached hydrogens (tertiary/aromatic N) is 1. The molecule has 1 aromatic rings. The van der Waals surface area contributed by atoms with Crippen LogP contribution in [0.2, 0.25) is 0 Å². The van der Waals surface area contributed by atoms with E-state index in [9.17, 15) is 13.2 Å². The van der Waals surface area contributed by atoms with Crippen molar-refractivity contribution in [1.29, 1.82) is 5.26 Å². The standard InChI is InChI=1S/C10H8F3NO2/c1-15-9-4-8(3-2-7(9)5-14)16-6-10(11,12)13/h2-4H,6H2,1H3. The van der Waals surface area contributed by atoms with Crippen LogP contribution in [0.15, 0.2) is 18.2 Å². The minimum Gasteiger partial charge on any atom is -0.495 e. The molecule has 0 aliphatic rings. The molecule has 0 unspecified atom stereocenters. The zero-order chi connectivity index (χ0) is 12.2. The zero-order valence-electron chi connectivity index (χ0n) is 8.34. The summed E-state index contributed by atoms with van der Waals surface area (Å²) in [6, 6.07) is 5.71. The first kappa shape index (κ1) is 12.2. The molecule has 0 aliphatic heterocycles. The van der Waals surface area contributed by atoms with Crippen molar-refractivity contribution in [2.24, 2.45) is 0 Å². The van der Waals surface area contributed by atoms with Crippen molar-refractivity contribution in [3.05, 3.63) is 23.8 Å². The molecule has 0 atom stereocenters. The van der Waals surface area contributed by atoms with E-state index in [1.807, 2.05) is 6.07 Å². The smallest absolute Gasteiger partial charge is 0.422 e. The Morgan fingerprint density at radius 1 is 1.38 bits per heavy atom. The van der Waals surface area contributed by atoms with E-state index >= 15 is 0 Å². The lowest BCUT2D eigenvalue weighted by Crippen LogP contribution is -2.19. The molecule has 1 rings (SSSR count). The lowest BCUT2D eigenvalue weighted by atomic mass is 10.2. The molecular formula is C10H8F3NO2. The van der Waals surface area contributed by atoms with Gasteiger partial charge in [0.25, 0.3) is 0 Å². The Morgan fingerprint density at radius 3 is 2.56 bits per heavy atom. The van der Waals surface area contributed by atoms with Gasteiger partial charge in [-0.25, -0.2) is 0 Å². The predicted molar refractivity (Wildman–Crippen MR) is 49.3 cm³/mol. The van der Waals surface area contributed by atoms with Crippen LogP contribution in [0.1, 0.15) is 5.56 Å². The largest absolute Gasteiger partial charge is 0.495 e. The van der Waals surface area contributed by atoms with Crippen LogP contribution in [0.25, 0.3) is 0 Å². The molecule has 0 saturated carbocycles. The summed E-state index contributed by atoms with van der Waals surface area (Å²) in [7, 11) is 1.32. The van der Waals surface area contributed by atoms with Gasteiger partial charge in [-0.05, 0) is 12.1 Å². The molecule has 86 valence electrons. The number of ether oxygens (including phenoxy) is 2. The minimum absolute atomic E-state index is 0.00757. The normalized spacial score (nSPS) is 10.7. The number of benzene rings is 1. The fraction of sp³-hybridized carbons (Fsp3) is 0.300. The third kappa shape index (κ3) is 3.35. The molecule has 0 bridgehead atoms. The van der Waals surface area contributed by atoms with Gasteiger partial charge in [0.05, 0.1) is 12.7 Å². The third-order valence-electron chi connectivity index (χ3n) is 1.70. The third-order valence-corrected chi connectivity index (χ3v) is 1.70. The second kappa shape index (κ2) is 4.75. The Balaban J connectivity index is 2.80. The molecule has 3 nitrogen and oxygen atoms in total. The Hall–Kier alpha value is -1.90. The van der Waals surface area contributed by atoms with E-state index < -0.39 is 12.8 Å². The van der Waals surface area contributed by atoms with E-state index in [0.29, 0.717) is 0 Å². The summed E-state index contributed by atoms with van der Waals surface area (Å²) in [6.07, 6.45) is -4.39. The van der Waals surface area contributed by atoms with Gasteiger partial charge in [0.2, 0.25) is 0 Å².